The summed E-state index contributed by atoms with van der Waals surface area (Å²) in [5.41, 5.74) is -6.43. The second-order valence-electron chi connectivity index (χ2n) is 5.77. The number of piperidine rings is 1. The molecule has 1 aliphatic rings. The zero-order valence-electron chi connectivity index (χ0n) is 12.2. The first kappa shape index (κ1) is 18.9. The minimum atomic E-state index is -5.87. The maximum atomic E-state index is 13.8. The van der Waals surface area contributed by atoms with Crippen LogP contribution in [-0.4, -0.2) is 55.9 Å². The normalized spacial score (nSPS) is 24.2. The molecule has 1 amide bonds. The van der Waals surface area contributed by atoms with Gasteiger partial charge in [0.1, 0.15) is 17.9 Å². The molecule has 22 heavy (non-hydrogen) atoms. The van der Waals surface area contributed by atoms with Crippen molar-refractivity contribution >= 4 is 16.2 Å². The van der Waals surface area contributed by atoms with Crippen LogP contribution in [0.15, 0.2) is 0 Å². The number of hydrogen-bond donors (Lipinski definition) is 0. The van der Waals surface area contributed by atoms with Crippen molar-refractivity contribution in [3.05, 3.63) is 0 Å². The van der Waals surface area contributed by atoms with E-state index in [1.165, 1.54) is 0 Å². The van der Waals surface area contributed by atoms with Gasteiger partial charge in [-0.25, -0.2) is 9.18 Å². The Bertz CT molecular complexity index is 514. The molecule has 1 heterocycles. The van der Waals surface area contributed by atoms with Crippen LogP contribution in [0.3, 0.4) is 0 Å². The molecule has 0 unspecified atom stereocenters. The van der Waals surface area contributed by atoms with Crippen LogP contribution in [0, 0.1) is 0 Å². The van der Waals surface area contributed by atoms with E-state index in [2.05, 4.69) is 4.18 Å². The van der Waals surface area contributed by atoms with Gasteiger partial charge in [-0.05, 0) is 27.2 Å². The largest absolute Gasteiger partial charge is 0.523 e. The van der Waals surface area contributed by atoms with E-state index in [4.69, 9.17) is 4.74 Å². The lowest BCUT2D eigenvalue weighted by Gasteiger charge is -2.35. The van der Waals surface area contributed by atoms with Gasteiger partial charge in [0.15, 0.2) is 0 Å². The summed E-state index contributed by atoms with van der Waals surface area (Å²) in [6.07, 6.45) is -5.08. The number of halogens is 4. The summed E-state index contributed by atoms with van der Waals surface area (Å²) in [7, 11) is -5.87. The van der Waals surface area contributed by atoms with E-state index in [0.717, 1.165) is 4.90 Å². The lowest BCUT2D eigenvalue weighted by molar-refractivity contribution is -0.0654. The zero-order valence-corrected chi connectivity index (χ0v) is 13.0. The summed E-state index contributed by atoms with van der Waals surface area (Å²) in [6.45, 7) is 4.02. The van der Waals surface area contributed by atoms with Crippen LogP contribution in [0.1, 0.15) is 27.2 Å². The first-order chi connectivity index (χ1) is 9.73. The van der Waals surface area contributed by atoms with Gasteiger partial charge in [0.2, 0.25) is 0 Å². The smallest absolute Gasteiger partial charge is 0.444 e. The molecule has 0 radical (unpaired) electrons. The van der Waals surface area contributed by atoms with Gasteiger partial charge in [0.25, 0.3) is 0 Å². The SMILES string of the molecule is CC(C)(C)OC(=O)N1CC[C@H](OS(=O)(=O)C(F)(F)F)[C@H](F)C1. The van der Waals surface area contributed by atoms with Gasteiger partial charge >= 0.3 is 21.7 Å². The van der Waals surface area contributed by atoms with Crippen LogP contribution < -0.4 is 0 Å². The highest BCUT2D eigenvalue weighted by Gasteiger charge is 2.50. The van der Waals surface area contributed by atoms with Crippen LogP contribution in [0.4, 0.5) is 22.4 Å². The van der Waals surface area contributed by atoms with E-state index in [1.807, 2.05) is 0 Å². The molecule has 0 aromatic heterocycles. The molecule has 0 spiro atoms. The Morgan fingerprint density at radius 3 is 2.18 bits per heavy atom. The predicted molar refractivity (Wildman–Crippen MR) is 67.2 cm³/mol. The average Bonchev–Trinajstić information content (AvgIpc) is 2.27. The summed E-state index contributed by atoms with van der Waals surface area (Å²) in [6, 6.07) is 0. The Balaban J connectivity index is 2.66. The van der Waals surface area contributed by atoms with E-state index in [-0.39, 0.29) is 6.54 Å². The molecule has 130 valence electrons. The van der Waals surface area contributed by atoms with E-state index in [0.29, 0.717) is 0 Å². The third-order valence-corrected chi connectivity index (χ3v) is 3.73. The number of likely N-dealkylation sites (tertiary alicyclic amines) is 1. The molecule has 0 saturated carbocycles. The third-order valence-electron chi connectivity index (χ3n) is 2.67. The van der Waals surface area contributed by atoms with Crippen LogP contribution in [0.2, 0.25) is 0 Å². The number of alkyl halides is 4. The van der Waals surface area contributed by atoms with Gasteiger partial charge in [0, 0.05) is 6.54 Å². The van der Waals surface area contributed by atoms with Crippen molar-refractivity contribution in [2.45, 2.75) is 50.6 Å². The lowest BCUT2D eigenvalue weighted by atomic mass is 10.1. The van der Waals surface area contributed by atoms with Crippen LogP contribution >= 0.6 is 0 Å². The fraction of sp³-hybridized carbons (Fsp3) is 0.909. The first-order valence-electron chi connectivity index (χ1n) is 6.34. The highest BCUT2D eigenvalue weighted by molar-refractivity contribution is 7.87. The Kier molecular flexibility index (Phi) is 5.33. The molecule has 1 rings (SSSR count). The lowest BCUT2D eigenvalue weighted by Crippen LogP contribution is -2.50. The molecule has 0 aromatic rings. The minimum Gasteiger partial charge on any atom is -0.444 e. The highest BCUT2D eigenvalue weighted by atomic mass is 32.2. The molecule has 1 saturated heterocycles. The van der Waals surface area contributed by atoms with Gasteiger partial charge < -0.3 is 9.64 Å². The molecule has 0 aromatic carbocycles. The van der Waals surface area contributed by atoms with Gasteiger partial charge in [-0.15, -0.1) is 0 Å². The van der Waals surface area contributed by atoms with E-state index >= 15 is 0 Å². The van der Waals surface area contributed by atoms with E-state index in [1.54, 1.807) is 20.8 Å². The van der Waals surface area contributed by atoms with Crippen molar-refractivity contribution < 1.29 is 39.7 Å². The van der Waals surface area contributed by atoms with E-state index < -0.39 is 52.6 Å². The van der Waals surface area contributed by atoms with Gasteiger partial charge in [-0.3, -0.25) is 4.18 Å². The van der Waals surface area contributed by atoms with Gasteiger partial charge in [-0.2, -0.15) is 21.6 Å². The molecule has 0 bridgehead atoms. The van der Waals surface area contributed by atoms with E-state index in [9.17, 15) is 30.8 Å². The summed E-state index contributed by atoms with van der Waals surface area (Å²) < 4.78 is 80.9. The maximum Gasteiger partial charge on any atom is 0.523 e. The summed E-state index contributed by atoms with van der Waals surface area (Å²) in [4.78, 5) is 12.7. The molecule has 1 fully saturated rings. The van der Waals surface area contributed by atoms with Crippen molar-refractivity contribution in [3.8, 4) is 0 Å². The molecular weight excluding hydrogens is 334 g/mol. The number of amides is 1. The molecular formula is C11H17F4NO5S. The number of ether oxygens (including phenoxy) is 1. The summed E-state index contributed by atoms with van der Waals surface area (Å²) in [5.74, 6) is 0. The summed E-state index contributed by atoms with van der Waals surface area (Å²) >= 11 is 0. The quantitative estimate of drug-likeness (QED) is 0.433. The number of hydrogen-bond acceptors (Lipinski definition) is 5. The number of rotatable bonds is 2. The Labute approximate surface area is 125 Å². The monoisotopic (exact) mass is 351 g/mol. The molecule has 0 aliphatic carbocycles. The highest BCUT2D eigenvalue weighted by Crippen LogP contribution is 2.29. The second kappa shape index (κ2) is 6.19. The number of carbonyl (C=O) groups excluding carboxylic acids is 1. The zero-order chi connectivity index (χ0) is 17.3. The fourth-order valence-electron chi connectivity index (χ4n) is 1.70. The van der Waals surface area contributed by atoms with Crippen molar-refractivity contribution in [1.29, 1.82) is 0 Å². The predicted octanol–water partition coefficient (Wildman–Crippen LogP) is 2.20. The second-order valence-corrected chi connectivity index (χ2v) is 7.33. The van der Waals surface area contributed by atoms with Gasteiger partial charge in [-0.1, -0.05) is 0 Å². The maximum absolute atomic E-state index is 13.8. The van der Waals surface area contributed by atoms with Crippen molar-refractivity contribution in [2.24, 2.45) is 0 Å². The summed E-state index contributed by atoms with van der Waals surface area (Å²) in [5, 5.41) is 0. The first-order valence-corrected chi connectivity index (χ1v) is 7.75. The fourth-order valence-corrected chi connectivity index (χ4v) is 2.35. The molecule has 11 heteroatoms. The average molecular weight is 351 g/mol. The minimum absolute atomic E-state index is 0.173. The Morgan fingerprint density at radius 1 is 1.23 bits per heavy atom. The molecule has 6 nitrogen and oxygen atoms in total. The van der Waals surface area contributed by atoms with Crippen molar-refractivity contribution in [1.82, 2.24) is 4.90 Å². The molecule has 1 aliphatic heterocycles. The van der Waals surface area contributed by atoms with Crippen LogP contribution in [-0.2, 0) is 19.0 Å². The molecule has 0 N–H and O–H groups in total. The van der Waals surface area contributed by atoms with Gasteiger partial charge in [0.05, 0.1) is 6.54 Å². The standard InChI is InChI=1S/C11H17F4NO5S/c1-10(2,3)20-9(17)16-5-4-8(7(12)6-16)21-22(18,19)11(13,14)15/h7-8H,4-6H2,1-3H3/t7-,8+/m1/s1. The van der Waals surface area contributed by atoms with Crippen molar-refractivity contribution in [3.63, 3.8) is 0 Å². The Hall–Kier alpha value is -1.10. The van der Waals surface area contributed by atoms with Crippen LogP contribution in [0.25, 0.3) is 0 Å². The number of nitrogens with zero attached hydrogens (tertiary/aromatic N) is 1. The number of carbonyl (C=O) groups is 1. The van der Waals surface area contributed by atoms with Crippen LogP contribution in [0.5, 0.6) is 0 Å². The third kappa shape index (κ3) is 4.97. The topological polar surface area (TPSA) is 72.9 Å². The molecule has 2 atom stereocenters. The Morgan fingerprint density at radius 2 is 1.77 bits per heavy atom. The van der Waals surface area contributed by atoms with Crippen molar-refractivity contribution in [2.75, 3.05) is 13.1 Å².